The quantitative estimate of drug-likeness (QED) is 0.805. The van der Waals surface area contributed by atoms with Gasteiger partial charge in [0, 0.05) is 16.9 Å². The second kappa shape index (κ2) is 5.21. The zero-order valence-corrected chi connectivity index (χ0v) is 12.3. The van der Waals surface area contributed by atoms with Crippen molar-refractivity contribution in [2.24, 2.45) is 0 Å². The molecule has 0 fully saturated rings. The van der Waals surface area contributed by atoms with Gasteiger partial charge in [-0.3, -0.25) is 4.57 Å². The van der Waals surface area contributed by atoms with Gasteiger partial charge in [-0.25, -0.2) is 8.42 Å². The summed E-state index contributed by atoms with van der Waals surface area (Å²) in [5, 5.41) is 0.0662. The van der Waals surface area contributed by atoms with Crippen LogP contribution in [0.1, 0.15) is 20.4 Å². The van der Waals surface area contributed by atoms with Crippen LogP contribution in [0.2, 0.25) is 0 Å². The Kier molecular flexibility index (Phi) is 3.93. The Morgan fingerprint density at radius 2 is 1.95 bits per heavy atom. The molecule has 1 aromatic heterocycles. The highest BCUT2D eigenvalue weighted by atomic mass is 35.7. The Morgan fingerprint density at radius 1 is 1.30 bits per heavy atom. The van der Waals surface area contributed by atoms with Crippen LogP contribution >= 0.6 is 10.7 Å². The number of fused-ring (bicyclic) bond motifs is 1. The Balaban J connectivity index is 2.84. The minimum atomic E-state index is -4.16. The number of benzene rings is 1. The molecular weight excluding hydrogens is 312 g/mol. The Morgan fingerprint density at radius 3 is 2.45 bits per heavy atom. The van der Waals surface area contributed by atoms with Crippen molar-refractivity contribution in [3.8, 4) is 5.75 Å². The van der Waals surface area contributed by atoms with Crippen LogP contribution in [-0.2, 0) is 9.05 Å². The molecule has 0 radical (unpaired) electrons. The molecule has 8 heteroatoms. The van der Waals surface area contributed by atoms with Crippen molar-refractivity contribution in [2.75, 3.05) is 0 Å². The zero-order valence-electron chi connectivity index (χ0n) is 10.7. The van der Waals surface area contributed by atoms with Gasteiger partial charge < -0.3 is 4.74 Å². The van der Waals surface area contributed by atoms with Crippen LogP contribution in [0.3, 0.4) is 0 Å². The summed E-state index contributed by atoms with van der Waals surface area (Å²) >= 11 is 0. The lowest BCUT2D eigenvalue weighted by atomic mass is 10.2. The van der Waals surface area contributed by atoms with Crippen LogP contribution in [0, 0.1) is 0 Å². The molecule has 0 bridgehead atoms. The van der Waals surface area contributed by atoms with E-state index in [2.05, 4.69) is 0 Å². The molecule has 0 aliphatic carbocycles. The SMILES string of the molecule is CC(C)Oc1cccc2c1c(S(=O)(=O)Cl)cn2C(F)F. The number of halogens is 3. The normalized spacial score (nSPS) is 12.6. The van der Waals surface area contributed by atoms with E-state index in [-0.39, 0.29) is 27.7 Å². The van der Waals surface area contributed by atoms with E-state index in [0.29, 0.717) is 4.57 Å². The molecule has 0 saturated carbocycles. The van der Waals surface area contributed by atoms with Gasteiger partial charge in [-0.05, 0) is 26.0 Å². The smallest absolute Gasteiger partial charge is 0.319 e. The number of alkyl halides is 2. The average molecular weight is 324 g/mol. The van der Waals surface area contributed by atoms with Gasteiger partial charge in [-0.15, -0.1) is 0 Å². The highest BCUT2D eigenvalue weighted by Gasteiger charge is 2.24. The minimum Gasteiger partial charge on any atom is -0.490 e. The Hall–Kier alpha value is -1.34. The fourth-order valence-electron chi connectivity index (χ4n) is 1.94. The first-order chi connectivity index (χ1) is 9.21. The van der Waals surface area contributed by atoms with Crippen LogP contribution < -0.4 is 4.74 Å². The van der Waals surface area contributed by atoms with E-state index in [1.807, 2.05) is 0 Å². The number of hydrogen-bond donors (Lipinski definition) is 0. The second-order valence-corrected chi connectivity index (χ2v) is 6.97. The van der Waals surface area contributed by atoms with E-state index in [0.717, 1.165) is 6.20 Å². The highest BCUT2D eigenvalue weighted by molar-refractivity contribution is 8.14. The summed E-state index contributed by atoms with van der Waals surface area (Å²) in [6.45, 7) is 0.620. The van der Waals surface area contributed by atoms with Crippen molar-refractivity contribution in [1.82, 2.24) is 4.57 Å². The van der Waals surface area contributed by atoms with Gasteiger partial charge in [-0.1, -0.05) is 6.07 Å². The molecule has 0 amide bonds. The summed E-state index contributed by atoms with van der Waals surface area (Å²) < 4.78 is 55.1. The standard InChI is InChI=1S/C12H12ClF2NO3S/c1-7(2)19-9-5-3-4-8-11(9)10(20(13,17)18)6-16(8)12(14)15/h3-7,12H,1-2H3. The third-order valence-corrected chi connectivity index (χ3v) is 3.95. The monoisotopic (exact) mass is 323 g/mol. The molecule has 0 saturated heterocycles. The summed E-state index contributed by atoms with van der Waals surface area (Å²) in [5.41, 5.74) is 0.0531. The van der Waals surface area contributed by atoms with Crippen molar-refractivity contribution < 1.29 is 21.9 Å². The molecule has 1 aromatic carbocycles. The van der Waals surface area contributed by atoms with Crippen molar-refractivity contribution in [2.45, 2.75) is 31.4 Å². The lowest BCUT2D eigenvalue weighted by Crippen LogP contribution is -2.06. The zero-order chi connectivity index (χ0) is 15.1. The van der Waals surface area contributed by atoms with Crippen LogP contribution in [0.5, 0.6) is 5.75 Å². The van der Waals surface area contributed by atoms with Gasteiger partial charge >= 0.3 is 6.55 Å². The Labute approximate surface area is 119 Å². The highest BCUT2D eigenvalue weighted by Crippen LogP contribution is 2.37. The molecule has 2 rings (SSSR count). The first kappa shape index (κ1) is 15.1. The summed E-state index contributed by atoms with van der Waals surface area (Å²) in [5.74, 6) is 0.205. The number of hydrogen-bond acceptors (Lipinski definition) is 3. The molecule has 0 aliphatic heterocycles. The van der Waals surface area contributed by atoms with Gasteiger partial charge in [0.15, 0.2) is 0 Å². The van der Waals surface area contributed by atoms with Crippen molar-refractivity contribution in [3.63, 3.8) is 0 Å². The molecule has 0 atom stereocenters. The van der Waals surface area contributed by atoms with E-state index in [1.165, 1.54) is 18.2 Å². The maximum Gasteiger partial charge on any atom is 0.319 e. The lowest BCUT2D eigenvalue weighted by Gasteiger charge is -2.11. The van der Waals surface area contributed by atoms with Crippen molar-refractivity contribution in [3.05, 3.63) is 24.4 Å². The van der Waals surface area contributed by atoms with Crippen LogP contribution in [0.25, 0.3) is 10.9 Å². The number of aromatic nitrogens is 1. The summed E-state index contributed by atoms with van der Waals surface area (Å²) in [6, 6.07) is 4.42. The number of rotatable bonds is 4. The number of ether oxygens (including phenoxy) is 1. The second-order valence-electron chi connectivity index (χ2n) is 4.43. The van der Waals surface area contributed by atoms with Crippen LogP contribution in [0.15, 0.2) is 29.3 Å². The molecule has 4 nitrogen and oxygen atoms in total. The summed E-state index contributed by atoms with van der Waals surface area (Å²) in [6.07, 6.45) is 0.589. The average Bonchev–Trinajstić information content (AvgIpc) is 2.68. The third-order valence-electron chi connectivity index (χ3n) is 2.62. The molecule has 1 heterocycles. The topological polar surface area (TPSA) is 48.3 Å². The van der Waals surface area contributed by atoms with Crippen LogP contribution in [-0.4, -0.2) is 19.1 Å². The fraction of sp³-hybridized carbons (Fsp3) is 0.333. The van der Waals surface area contributed by atoms with Gasteiger partial charge in [0.2, 0.25) is 0 Å². The Bertz CT molecular complexity index is 740. The largest absolute Gasteiger partial charge is 0.490 e. The summed E-state index contributed by atoms with van der Waals surface area (Å²) in [7, 11) is 1.16. The maximum absolute atomic E-state index is 13.0. The van der Waals surface area contributed by atoms with E-state index in [4.69, 9.17) is 15.4 Å². The minimum absolute atomic E-state index is 0.0531. The van der Waals surface area contributed by atoms with Gasteiger partial charge in [0.1, 0.15) is 10.6 Å². The summed E-state index contributed by atoms with van der Waals surface area (Å²) in [4.78, 5) is -0.384. The van der Waals surface area contributed by atoms with Crippen LogP contribution in [0.4, 0.5) is 8.78 Å². The van der Waals surface area contributed by atoms with Crippen molar-refractivity contribution >= 4 is 30.6 Å². The molecule has 20 heavy (non-hydrogen) atoms. The molecule has 110 valence electrons. The molecule has 0 N–H and O–H groups in total. The van der Waals surface area contributed by atoms with E-state index >= 15 is 0 Å². The predicted molar refractivity (Wildman–Crippen MR) is 72.0 cm³/mol. The van der Waals surface area contributed by atoms with E-state index in [1.54, 1.807) is 13.8 Å². The predicted octanol–water partition coefficient (Wildman–Crippen LogP) is 3.75. The lowest BCUT2D eigenvalue weighted by molar-refractivity contribution is 0.0748. The maximum atomic E-state index is 13.0. The molecule has 0 unspecified atom stereocenters. The van der Waals surface area contributed by atoms with Gasteiger partial charge in [-0.2, -0.15) is 8.78 Å². The number of nitrogens with zero attached hydrogens (tertiary/aromatic N) is 1. The first-order valence-electron chi connectivity index (χ1n) is 5.75. The fourth-order valence-corrected chi connectivity index (χ4v) is 2.98. The molecule has 0 aliphatic rings. The molecule has 0 spiro atoms. The third kappa shape index (κ3) is 2.73. The van der Waals surface area contributed by atoms with Gasteiger partial charge in [0.05, 0.1) is 17.0 Å². The van der Waals surface area contributed by atoms with Gasteiger partial charge in [0.25, 0.3) is 9.05 Å². The van der Waals surface area contributed by atoms with Crippen molar-refractivity contribution in [1.29, 1.82) is 0 Å². The van der Waals surface area contributed by atoms with E-state index in [9.17, 15) is 17.2 Å². The molecule has 2 aromatic rings. The first-order valence-corrected chi connectivity index (χ1v) is 8.05. The van der Waals surface area contributed by atoms with E-state index < -0.39 is 15.6 Å². The molecular formula is C12H12ClF2NO3S.